The van der Waals surface area contributed by atoms with Crippen LogP contribution in [0.15, 0.2) is 18.2 Å². The van der Waals surface area contributed by atoms with Gasteiger partial charge < -0.3 is 15.7 Å². The highest BCUT2D eigenvalue weighted by atomic mass is 19.1. The summed E-state index contributed by atoms with van der Waals surface area (Å²) in [5.41, 5.74) is 0.548. The normalized spacial score (nSPS) is 9.42. The molecule has 0 unspecified atom stereocenters. The van der Waals surface area contributed by atoms with E-state index in [1.807, 2.05) is 6.92 Å². The van der Waals surface area contributed by atoms with E-state index in [4.69, 9.17) is 5.11 Å². The molecule has 0 saturated carbocycles. The number of aliphatic hydroxyl groups excluding tert-OH is 1. The molecule has 1 rings (SSSR count). The lowest BCUT2D eigenvalue weighted by Gasteiger charge is -2.08. The molecule has 0 fully saturated rings. The summed E-state index contributed by atoms with van der Waals surface area (Å²) < 4.78 is 13.7. The third-order valence-corrected chi connectivity index (χ3v) is 2.34. The highest BCUT2D eigenvalue weighted by Gasteiger charge is 2.06. The van der Waals surface area contributed by atoms with E-state index in [1.165, 1.54) is 12.1 Å². The first kappa shape index (κ1) is 15.0. The molecule has 102 valence electrons. The fraction of sp³-hybridized carbons (Fsp3) is 0.357. The first-order chi connectivity index (χ1) is 9.17. The number of nitrogens with one attached hydrogen (secondary N) is 2. The van der Waals surface area contributed by atoms with Crippen molar-refractivity contribution in [3.63, 3.8) is 0 Å². The SMILES string of the molecule is CCCCNC(=O)Nc1ccc(C#CCO)cc1F. The van der Waals surface area contributed by atoms with E-state index in [1.54, 1.807) is 6.07 Å². The molecule has 0 saturated heterocycles. The van der Waals surface area contributed by atoms with E-state index in [0.717, 1.165) is 12.8 Å². The number of anilines is 1. The van der Waals surface area contributed by atoms with E-state index < -0.39 is 11.8 Å². The van der Waals surface area contributed by atoms with E-state index in [9.17, 15) is 9.18 Å². The number of aliphatic hydroxyl groups is 1. The molecule has 0 aliphatic heterocycles. The van der Waals surface area contributed by atoms with Crippen LogP contribution in [0.2, 0.25) is 0 Å². The molecule has 0 bridgehead atoms. The summed E-state index contributed by atoms with van der Waals surface area (Å²) in [5.74, 6) is 4.45. The van der Waals surface area contributed by atoms with Crippen molar-refractivity contribution in [2.24, 2.45) is 0 Å². The summed E-state index contributed by atoms with van der Waals surface area (Å²) in [7, 11) is 0. The molecule has 0 spiro atoms. The predicted molar refractivity (Wildman–Crippen MR) is 72.3 cm³/mol. The third kappa shape index (κ3) is 5.40. The van der Waals surface area contributed by atoms with Crippen LogP contribution < -0.4 is 10.6 Å². The molecule has 4 nitrogen and oxygen atoms in total. The number of hydrogen-bond acceptors (Lipinski definition) is 2. The number of hydrogen-bond donors (Lipinski definition) is 3. The molecule has 0 radical (unpaired) electrons. The minimum absolute atomic E-state index is 0.101. The molecule has 3 N–H and O–H groups in total. The minimum atomic E-state index is -0.560. The van der Waals surface area contributed by atoms with Gasteiger partial charge in [-0.1, -0.05) is 25.2 Å². The molecule has 0 atom stereocenters. The van der Waals surface area contributed by atoms with Gasteiger partial charge in [0.25, 0.3) is 0 Å². The molecule has 0 aliphatic carbocycles. The highest BCUT2D eigenvalue weighted by molar-refractivity contribution is 5.89. The zero-order valence-corrected chi connectivity index (χ0v) is 10.8. The number of carbonyl (C=O) groups is 1. The van der Waals surface area contributed by atoms with Gasteiger partial charge in [0.2, 0.25) is 0 Å². The second kappa shape index (κ2) is 8.11. The first-order valence-corrected chi connectivity index (χ1v) is 6.11. The van der Waals surface area contributed by atoms with Crippen LogP contribution in [0.25, 0.3) is 0 Å². The number of benzene rings is 1. The van der Waals surface area contributed by atoms with Gasteiger partial charge in [0.1, 0.15) is 12.4 Å². The minimum Gasteiger partial charge on any atom is -0.384 e. The van der Waals surface area contributed by atoms with Crippen molar-refractivity contribution in [1.29, 1.82) is 0 Å². The maximum atomic E-state index is 13.7. The van der Waals surface area contributed by atoms with Gasteiger partial charge in [-0.15, -0.1) is 0 Å². The van der Waals surface area contributed by atoms with Crippen molar-refractivity contribution in [2.45, 2.75) is 19.8 Å². The van der Waals surface area contributed by atoms with Crippen molar-refractivity contribution in [1.82, 2.24) is 5.32 Å². The van der Waals surface area contributed by atoms with Gasteiger partial charge >= 0.3 is 6.03 Å². The van der Waals surface area contributed by atoms with Crippen LogP contribution in [0.1, 0.15) is 25.3 Å². The summed E-state index contributed by atoms with van der Waals surface area (Å²) in [5, 5.41) is 13.6. The van der Waals surface area contributed by atoms with Crippen LogP contribution in [-0.2, 0) is 0 Å². The van der Waals surface area contributed by atoms with Crippen LogP contribution >= 0.6 is 0 Å². The zero-order valence-electron chi connectivity index (χ0n) is 10.8. The van der Waals surface area contributed by atoms with Crippen molar-refractivity contribution < 1.29 is 14.3 Å². The Hall–Kier alpha value is -2.06. The van der Waals surface area contributed by atoms with Gasteiger partial charge in [0.15, 0.2) is 0 Å². The maximum Gasteiger partial charge on any atom is 0.319 e. The zero-order chi connectivity index (χ0) is 14.1. The van der Waals surface area contributed by atoms with Gasteiger partial charge in [-0.3, -0.25) is 0 Å². The molecule has 1 aromatic carbocycles. The Kier molecular flexibility index (Phi) is 6.41. The Bertz CT molecular complexity index is 492. The highest BCUT2D eigenvalue weighted by Crippen LogP contribution is 2.15. The summed E-state index contributed by atoms with van der Waals surface area (Å²) in [6.07, 6.45) is 1.86. The maximum absolute atomic E-state index is 13.7. The fourth-order valence-corrected chi connectivity index (χ4v) is 1.38. The van der Waals surface area contributed by atoms with Crippen LogP contribution in [0, 0.1) is 17.7 Å². The largest absolute Gasteiger partial charge is 0.384 e. The Labute approximate surface area is 112 Å². The van der Waals surface area contributed by atoms with Crippen molar-refractivity contribution >= 4 is 11.7 Å². The van der Waals surface area contributed by atoms with Crippen molar-refractivity contribution in [2.75, 3.05) is 18.5 Å². The number of unbranched alkanes of at least 4 members (excludes halogenated alkanes) is 1. The fourth-order valence-electron chi connectivity index (χ4n) is 1.38. The summed E-state index contributed by atoms with van der Waals surface area (Å²) >= 11 is 0. The summed E-state index contributed by atoms with van der Waals surface area (Å²) in [4.78, 5) is 11.4. The third-order valence-electron chi connectivity index (χ3n) is 2.34. The van der Waals surface area contributed by atoms with Gasteiger partial charge in [-0.25, -0.2) is 9.18 Å². The number of halogens is 1. The molecular formula is C14H17FN2O2. The first-order valence-electron chi connectivity index (χ1n) is 6.11. The second-order valence-electron chi connectivity index (χ2n) is 3.89. The number of urea groups is 1. The van der Waals surface area contributed by atoms with Crippen molar-refractivity contribution in [3.8, 4) is 11.8 Å². The molecule has 19 heavy (non-hydrogen) atoms. The van der Waals surface area contributed by atoms with Crippen LogP contribution in [0.4, 0.5) is 14.9 Å². The lowest BCUT2D eigenvalue weighted by atomic mass is 10.2. The number of carbonyl (C=O) groups excluding carboxylic acids is 1. The predicted octanol–water partition coefficient (Wildman–Crippen LogP) is 2.09. The van der Waals surface area contributed by atoms with E-state index >= 15 is 0 Å². The Morgan fingerprint density at radius 3 is 2.89 bits per heavy atom. The van der Waals surface area contributed by atoms with Gasteiger partial charge in [0, 0.05) is 12.1 Å². The molecule has 0 heterocycles. The molecule has 0 aromatic heterocycles. The van der Waals surface area contributed by atoms with E-state index in [2.05, 4.69) is 22.5 Å². The molecule has 1 aromatic rings. The van der Waals surface area contributed by atoms with Gasteiger partial charge in [-0.2, -0.15) is 0 Å². The lowest BCUT2D eigenvalue weighted by molar-refractivity contribution is 0.252. The van der Waals surface area contributed by atoms with Gasteiger partial charge in [0.05, 0.1) is 5.69 Å². The molecule has 0 aliphatic rings. The van der Waals surface area contributed by atoms with Crippen LogP contribution in [0.5, 0.6) is 0 Å². The van der Waals surface area contributed by atoms with Crippen LogP contribution in [0.3, 0.4) is 0 Å². The van der Waals surface area contributed by atoms with Crippen molar-refractivity contribution in [3.05, 3.63) is 29.6 Å². The Morgan fingerprint density at radius 1 is 1.47 bits per heavy atom. The topological polar surface area (TPSA) is 61.4 Å². The Balaban J connectivity index is 2.62. The Morgan fingerprint density at radius 2 is 2.26 bits per heavy atom. The molecular weight excluding hydrogens is 247 g/mol. The second-order valence-corrected chi connectivity index (χ2v) is 3.89. The average molecular weight is 264 g/mol. The lowest BCUT2D eigenvalue weighted by Crippen LogP contribution is -2.29. The van der Waals surface area contributed by atoms with Crippen LogP contribution in [-0.4, -0.2) is 24.3 Å². The van der Waals surface area contributed by atoms with Gasteiger partial charge in [-0.05, 0) is 24.6 Å². The average Bonchev–Trinajstić information content (AvgIpc) is 2.39. The monoisotopic (exact) mass is 264 g/mol. The molecule has 5 heteroatoms. The standard InChI is InChI=1S/C14H17FN2O2/c1-2-3-8-16-14(19)17-13-7-6-11(5-4-9-18)10-12(13)15/h6-7,10,18H,2-3,8-9H2,1H3,(H2,16,17,19). The number of amides is 2. The quantitative estimate of drug-likeness (QED) is 0.576. The summed E-state index contributed by atoms with van der Waals surface area (Å²) in [6, 6.07) is 3.80. The van der Waals surface area contributed by atoms with E-state index in [-0.39, 0.29) is 12.3 Å². The summed E-state index contributed by atoms with van der Waals surface area (Å²) in [6.45, 7) is 2.30. The van der Waals surface area contributed by atoms with E-state index in [0.29, 0.717) is 12.1 Å². The number of rotatable bonds is 4. The molecule has 2 amide bonds. The smallest absolute Gasteiger partial charge is 0.319 e.